The molecule has 0 aliphatic heterocycles. The number of nitro groups is 1. The van der Waals surface area contributed by atoms with E-state index in [2.05, 4.69) is 15.5 Å². The zero-order valence-corrected chi connectivity index (χ0v) is 18.8. The summed E-state index contributed by atoms with van der Waals surface area (Å²) in [5, 5.41) is 23.2. The number of hydrogen-bond acceptors (Lipinski definition) is 6. The molecular weight excluding hydrogens is 445 g/mol. The number of rotatable bonds is 8. The fourth-order valence-corrected chi connectivity index (χ4v) is 4.82. The molecule has 1 aromatic heterocycles. The molecule has 10 heteroatoms. The Kier molecular flexibility index (Phi) is 7.33. The maximum atomic E-state index is 13.2. The van der Waals surface area contributed by atoms with Gasteiger partial charge in [-0.3, -0.25) is 19.5 Å². The van der Waals surface area contributed by atoms with Gasteiger partial charge in [-0.05, 0) is 42.7 Å². The first-order chi connectivity index (χ1) is 16.0. The number of nitrogens with one attached hydrogen (secondary N) is 1. The van der Waals surface area contributed by atoms with E-state index in [1.165, 1.54) is 42.4 Å². The minimum Gasteiger partial charge on any atom is -0.349 e. The molecule has 33 heavy (non-hydrogen) atoms. The van der Waals surface area contributed by atoms with Gasteiger partial charge < -0.3 is 5.32 Å². The molecule has 1 N–H and O–H groups in total. The Morgan fingerprint density at radius 3 is 2.45 bits per heavy atom. The van der Waals surface area contributed by atoms with Gasteiger partial charge in [-0.2, -0.15) is 0 Å². The molecule has 1 heterocycles. The summed E-state index contributed by atoms with van der Waals surface area (Å²) in [6.45, 7) is 0.205. The fourth-order valence-electron chi connectivity index (χ4n) is 3.89. The zero-order valence-electron chi connectivity index (χ0n) is 17.9. The molecule has 1 aliphatic rings. The Morgan fingerprint density at radius 2 is 1.79 bits per heavy atom. The van der Waals surface area contributed by atoms with E-state index >= 15 is 0 Å². The molecular formula is C23H24FN5O3S. The number of thioether (sulfide) groups is 1. The van der Waals surface area contributed by atoms with E-state index in [9.17, 15) is 19.3 Å². The van der Waals surface area contributed by atoms with E-state index in [-0.39, 0.29) is 29.9 Å². The SMILES string of the molecule is O=C(NCc1nnc(SCc2ccc(F)cc2)n1-c1ccc([N+](=O)[O-])cc1)C1CCCCC1. The fraction of sp³-hybridized carbons (Fsp3) is 0.348. The van der Waals surface area contributed by atoms with Gasteiger partial charge in [0.25, 0.3) is 5.69 Å². The molecule has 172 valence electrons. The number of carbonyl (C=O) groups is 1. The second kappa shape index (κ2) is 10.6. The van der Waals surface area contributed by atoms with Gasteiger partial charge in [0.1, 0.15) is 5.82 Å². The van der Waals surface area contributed by atoms with E-state index in [4.69, 9.17) is 0 Å². The van der Waals surface area contributed by atoms with Crippen LogP contribution in [0.15, 0.2) is 53.7 Å². The molecule has 0 spiro atoms. The Hall–Kier alpha value is -3.27. The van der Waals surface area contributed by atoms with Crippen LogP contribution in [0, 0.1) is 21.8 Å². The van der Waals surface area contributed by atoms with Gasteiger partial charge in [0.2, 0.25) is 5.91 Å². The van der Waals surface area contributed by atoms with Crippen molar-refractivity contribution in [2.75, 3.05) is 0 Å². The van der Waals surface area contributed by atoms with E-state index in [0.29, 0.717) is 22.4 Å². The molecule has 8 nitrogen and oxygen atoms in total. The van der Waals surface area contributed by atoms with E-state index in [1.807, 2.05) is 0 Å². The second-order valence-corrected chi connectivity index (χ2v) is 8.92. The summed E-state index contributed by atoms with van der Waals surface area (Å²) < 4.78 is 15.0. The van der Waals surface area contributed by atoms with Gasteiger partial charge in [-0.25, -0.2) is 4.39 Å². The van der Waals surface area contributed by atoms with Crippen LogP contribution in [0.25, 0.3) is 5.69 Å². The predicted octanol–water partition coefficient (Wildman–Crippen LogP) is 4.80. The van der Waals surface area contributed by atoms with Crippen molar-refractivity contribution in [3.8, 4) is 5.69 Å². The van der Waals surface area contributed by atoms with Crippen LogP contribution in [-0.4, -0.2) is 25.6 Å². The first-order valence-corrected chi connectivity index (χ1v) is 11.8. The van der Waals surface area contributed by atoms with Crippen molar-refractivity contribution in [1.29, 1.82) is 0 Å². The van der Waals surface area contributed by atoms with Crippen LogP contribution >= 0.6 is 11.8 Å². The van der Waals surface area contributed by atoms with Crippen molar-refractivity contribution >= 4 is 23.4 Å². The van der Waals surface area contributed by atoms with Crippen LogP contribution in [0.3, 0.4) is 0 Å². The lowest BCUT2D eigenvalue weighted by Crippen LogP contribution is -2.32. The lowest BCUT2D eigenvalue weighted by molar-refractivity contribution is -0.384. The minimum absolute atomic E-state index is 0.0144. The van der Waals surface area contributed by atoms with Gasteiger partial charge in [0.15, 0.2) is 11.0 Å². The molecule has 3 aromatic rings. The number of benzene rings is 2. The maximum absolute atomic E-state index is 13.2. The summed E-state index contributed by atoms with van der Waals surface area (Å²) >= 11 is 1.41. The third-order valence-electron chi connectivity index (χ3n) is 5.70. The van der Waals surface area contributed by atoms with Crippen molar-refractivity contribution in [3.63, 3.8) is 0 Å². The summed E-state index contributed by atoms with van der Waals surface area (Å²) in [7, 11) is 0. The molecule has 1 saturated carbocycles. The van der Waals surface area contributed by atoms with Crippen LogP contribution in [0.5, 0.6) is 0 Å². The summed E-state index contributed by atoms with van der Waals surface area (Å²) in [4.78, 5) is 23.2. The first-order valence-electron chi connectivity index (χ1n) is 10.9. The number of hydrogen-bond donors (Lipinski definition) is 1. The average Bonchev–Trinajstić information content (AvgIpc) is 3.25. The molecule has 0 unspecified atom stereocenters. The highest BCUT2D eigenvalue weighted by molar-refractivity contribution is 7.98. The van der Waals surface area contributed by atoms with Crippen molar-refractivity contribution < 1.29 is 14.1 Å². The van der Waals surface area contributed by atoms with E-state index in [1.54, 1.807) is 28.8 Å². The molecule has 1 amide bonds. The normalized spacial score (nSPS) is 14.2. The Morgan fingerprint density at radius 1 is 1.09 bits per heavy atom. The molecule has 4 rings (SSSR count). The number of nitro benzene ring substituents is 1. The summed E-state index contributed by atoms with van der Waals surface area (Å²) in [5.41, 5.74) is 1.57. The highest BCUT2D eigenvalue weighted by Gasteiger charge is 2.22. The number of non-ortho nitro benzene ring substituents is 1. The van der Waals surface area contributed by atoms with Crippen molar-refractivity contribution in [1.82, 2.24) is 20.1 Å². The van der Waals surface area contributed by atoms with Gasteiger partial charge in [0, 0.05) is 29.5 Å². The highest BCUT2D eigenvalue weighted by atomic mass is 32.2. The quantitative estimate of drug-likeness (QED) is 0.289. The smallest absolute Gasteiger partial charge is 0.269 e. The van der Waals surface area contributed by atoms with Gasteiger partial charge in [0.05, 0.1) is 11.5 Å². The second-order valence-electron chi connectivity index (χ2n) is 7.98. The number of aromatic nitrogens is 3. The lowest BCUT2D eigenvalue weighted by Gasteiger charge is -2.20. The van der Waals surface area contributed by atoms with Crippen LogP contribution < -0.4 is 5.32 Å². The topological polar surface area (TPSA) is 103 Å². The summed E-state index contributed by atoms with van der Waals surface area (Å²) in [6, 6.07) is 12.3. The predicted molar refractivity (Wildman–Crippen MR) is 122 cm³/mol. The van der Waals surface area contributed by atoms with Crippen LogP contribution in [0.1, 0.15) is 43.5 Å². The van der Waals surface area contributed by atoms with Gasteiger partial charge in [-0.15, -0.1) is 10.2 Å². The molecule has 1 fully saturated rings. The number of halogens is 1. The average molecular weight is 470 g/mol. The maximum Gasteiger partial charge on any atom is 0.269 e. The number of carbonyl (C=O) groups excluding carboxylic acids is 1. The summed E-state index contributed by atoms with van der Waals surface area (Å²) in [5.74, 6) is 0.832. The Balaban J connectivity index is 1.55. The van der Waals surface area contributed by atoms with Crippen molar-refractivity contribution in [3.05, 3.63) is 75.9 Å². The number of nitrogens with zero attached hydrogens (tertiary/aromatic N) is 4. The van der Waals surface area contributed by atoms with Crippen LogP contribution in [-0.2, 0) is 17.1 Å². The number of amides is 1. The van der Waals surface area contributed by atoms with E-state index < -0.39 is 4.92 Å². The third-order valence-corrected chi connectivity index (χ3v) is 6.70. The molecule has 0 atom stereocenters. The highest BCUT2D eigenvalue weighted by Crippen LogP contribution is 2.27. The lowest BCUT2D eigenvalue weighted by atomic mass is 9.89. The molecule has 1 aliphatic carbocycles. The molecule has 0 bridgehead atoms. The first kappa shape index (κ1) is 22.9. The standard InChI is InChI=1S/C23H24FN5O3S/c24-18-8-6-16(7-9-18)15-33-23-27-26-21(14-25-22(30)17-4-2-1-3-5-17)28(23)19-10-12-20(13-11-19)29(31)32/h6-13,17H,1-5,14-15H2,(H,25,30). The molecule has 2 aromatic carbocycles. The van der Waals surface area contributed by atoms with Crippen LogP contribution in [0.2, 0.25) is 0 Å². The minimum atomic E-state index is -0.453. The molecule has 0 saturated heterocycles. The monoisotopic (exact) mass is 469 g/mol. The zero-order chi connectivity index (χ0) is 23.2. The Labute approximate surface area is 194 Å². The van der Waals surface area contributed by atoms with E-state index in [0.717, 1.165) is 31.2 Å². The third kappa shape index (κ3) is 5.75. The Bertz CT molecular complexity index is 1110. The largest absolute Gasteiger partial charge is 0.349 e. The van der Waals surface area contributed by atoms with Crippen molar-refractivity contribution in [2.24, 2.45) is 5.92 Å². The summed E-state index contributed by atoms with van der Waals surface area (Å²) in [6.07, 6.45) is 5.12. The van der Waals surface area contributed by atoms with Crippen molar-refractivity contribution in [2.45, 2.75) is 49.6 Å². The van der Waals surface area contributed by atoms with Gasteiger partial charge in [-0.1, -0.05) is 43.2 Å². The molecule has 0 radical (unpaired) electrons. The van der Waals surface area contributed by atoms with Gasteiger partial charge >= 0.3 is 0 Å². The van der Waals surface area contributed by atoms with Crippen LogP contribution in [0.4, 0.5) is 10.1 Å².